The van der Waals surface area contributed by atoms with Crippen molar-refractivity contribution in [1.82, 2.24) is 14.7 Å². The summed E-state index contributed by atoms with van der Waals surface area (Å²) in [5.41, 5.74) is 1.83. The Labute approximate surface area is 113 Å². The molecule has 1 rings (SSSR count). The maximum absolute atomic E-state index is 11.1. The van der Waals surface area contributed by atoms with Crippen LogP contribution in [0.5, 0.6) is 0 Å². The number of ether oxygens (including phenoxy) is 1. The Morgan fingerprint density at radius 3 is 2.78 bits per heavy atom. The van der Waals surface area contributed by atoms with E-state index in [0.717, 1.165) is 17.9 Å². The van der Waals surface area contributed by atoms with Crippen molar-refractivity contribution in [1.29, 1.82) is 0 Å². The summed E-state index contributed by atoms with van der Waals surface area (Å²) in [7, 11) is 3.34. The fourth-order valence-electron chi connectivity index (χ4n) is 1.74. The number of methoxy groups -OCH3 is 1. The number of hydrogen-bond acceptors (Lipinski definition) is 4. The summed E-state index contributed by atoms with van der Waals surface area (Å²) in [6.07, 6.45) is 0.379. The van der Waals surface area contributed by atoms with Crippen LogP contribution in [0.3, 0.4) is 0 Å². The van der Waals surface area contributed by atoms with E-state index in [9.17, 15) is 4.79 Å². The second-order valence-electron chi connectivity index (χ2n) is 4.23. The van der Waals surface area contributed by atoms with Gasteiger partial charge in [0.2, 0.25) is 0 Å². The molecule has 0 unspecified atom stereocenters. The Morgan fingerprint density at radius 1 is 1.56 bits per heavy atom. The highest BCUT2D eigenvalue weighted by Crippen LogP contribution is 2.21. The zero-order valence-electron chi connectivity index (χ0n) is 11.4. The van der Waals surface area contributed by atoms with E-state index >= 15 is 0 Å². The van der Waals surface area contributed by atoms with Crippen LogP contribution in [0.1, 0.15) is 24.7 Å². The van der Waals surface area contributed by atoms with E-state index in [1.54, 1.807) is 0 Å². The molecule has 0 atom stereocenters. The first-order chi connectivity index (χ1) is 8.49. The van der Waals surface area contributed by atoms with E-state index < -0.39 is 0 Å². The highest BCUT2D eigenvalue weighted by atomic mass is 35.5. The first-order valence-electron chi connectivity index (χ1n) is 5.96. The van der Waals surface area contributed by atoms with Crippen LogP contribution in [0.4, 0.5) is 0 Å². The summed E-state index contributed by atoms with van der Waals surface area (Å²) < 4.78 is 6.51. The first-order valence-corrected chi connectivity index (χ1v) is 6.34. The molecule has 0 aromatic carbocycles. The van der Waals surface area contributed by atoms with Crippen LogP contribution >= 0.6 is 11.6 Å². The molecule has 6 heteroatoms. The SMILES string of the molecule is CCn1nc(C)c(Cl)c1CN(C)CCC(=O)OC. The molecule has 102 valence electrons. The molecule has 0 aliphatic heterocycles. The van der Waals surface area contributed by atoms with Gasteiger partial charge in [-0.25, -0.2) is 0 Å². The Balaban J connectivity index is 2.63. The third-order valence-electron chi connectivity index (χ3n) is 2.80. The molecule has 5 nitrogen and oxygen atoms in total. The molecule has 0 bridgehead atoms. The van der Waals surface area contributed by atoms with Gasteiger partial charge in [-0.3, -0.25) is 14.4 Å². The molecule has 0 spiro atoms. The van der Waals surface area contributed by atoms with Gasteiger partial charge in [-0.15, -0.1) is 0 Å². The highest BCUT2D eigenvalue weighted by Gasteiger charge is 2.14. The standard InChI is InChI=1S/C12H20ClN3O2/c1-5-16-10(12(13)9(2)14-16)8-15(3)7-6-11(17)18-4/h5-8H2,1-4H3. The number of rotatable bonds is 6. The molecule has 0 aliphatic rings. The zero-order chi connectivity index (χ0) is 13.7. The number of carbonyl (C=O) groups is 1. The first kappa shape index (κ1) is 15.0. The lowest BCUT2D eigenvalue weighted by molar-refractivity contribution is -0.140. The molecule has 0 saturated heterocycles. The van der Waals surface area contributed by atoms with Gasteiger partial charge in [0.05, 0.1) is 29.9 Å². The maximum Gasteiger partial charge on any atom is 0.306 e. The second-order valence-corrected chi connectivity index (χ2v) is 4.60. The number of esters is 1. The van der Waals surface area contributed by atoms with Crippen molar-refractivity contribution in [2.75, 3.05) is 20.7 Å². The molecule has 1 aromatic heterocycles. The van der Waals surface area contributed by atoms with Crippen LogP contribution in [0.15, 0.2) is 0 Å². The van der Waals surface area contributed by atoms with E-state index in [0.29, 0.717) is 24.5 Å². The van der Waals surface area contributed by atoms with Crippen LogP contribution in [0.25, 0.3) is 0 Å². The lowest BCUT2D eigenvalue weighted by atomic mass is 10.3. The predicted molar refractivity (Wildman–Crippen MR) is 70.6 cm³/mol. The highest BCUT2D eigenvalue weighted by molar-refractivity contribution is 6.31. The molecular weight excluding hydrogens is 254 g/mol. The average molecular weight is 274 g/mol. The summed E-state index contributed by atoms with van der Waals surface area (Å²) in [6, 6.07) is 0. The molecule has 0 amide bonds. The van der Waals surface area contributed by atoms with Crippen molar-refractivity contribution in [2.24, 2.45) is 0 Å². The average Bonchev–Trinajstić information content (AvgIpc) is 2.63. The van der Waals surface area contributed by atoms with E-state index in [2.05, 4.69) is 9.84 Å². The molecule has 18 heavy (non-hydrogen) atoms. The van der Waals surface area contributed by atoms with Crippen molar-refractivity contribution in [2.45, 2.75) is 33.4 Å². The second kappa shape index (κ2) is 6.75. The quantitative estimate of drug-likeness (QED) is 0.743. The molecule has 1 heterocycles. The largest absolute Gasteiger partial charge is 0.469 e. The van der Waals surface area contributed by atoms with Gasteiger partial charge in [0.1, 0.15) is 0 Å². The van der Waals surface area contributed by atoms with Gasteiger partial charge in [-0.1, -0.05) is 11.6 Å². The number of hydrogen-bond donors (Lipinski definition) is 0. The lowest BCUT2D eigenvalue weighted by Crippen LogP contribution is -2.23. The minimum atomic E-state index is -0.201. The summed E-state index contributed by atoms with van der Waals surface area (Å²) >= 11 is 6.23. The smallest absolute Gasteiger partial charge is 0.306 e. The van der Waals surface area contributed by atoms with Gasteiger partial charge < -0.3 is 4.74 Å². The predicted octanol–water partition coefficient (Wildman–Crippen LogP) is 1.86. The van der Waals surface area contributed by atoms with Crippen molar-refractivity contribution in [3.05, 3.63) is 16.4 Å². The number of aryl methyl sites for hydroxylation is 2. The van der Waals surface area contributed by atoms with Crippen LogP contribution in [-0.2, 0) is 22.6 Å². The third kappa shape index (κ3) is 3.71. The Kier molecular flexibility index (Phi) is 5.62. The van der Waals surface area contributed by atoms with Crippen LogP contribution < -0.4 is 0 Å². The van der Waals surface area contributed by atoms with Crippen LogP contribution in [-0.4, -0.2) is 41.4 Å². The normalized spacial score (nSPS) is 11.0. The van der Waals surface area contributed by atoms with Gasteiger partial charge in [-0.2, -0.15) is 5.10 Å². The zero-order valence-corrected chi connectivity index (χ0v) is 12.1. The third-order valence-corrected chi connectivity index (χ3v) is 3.29. The molecule has 0 radical (unpaired) electrons. The van der Waals surface area contributed by atoms with Gasteiger partial charge >= 0.3 is 5.97 Å². The topological polar surface area (TPSA) is 47.4 Å². The van der Waals surface area contributed by atoms with Gasteiger partial charge in [0, 0.05) is 19.6 Å². The van der Waals surface area contributed by atoms with Crippen LogP contribution in [0.2, 0.25) is 5.02 Å². The molecule has 0 N–H and O–H groups in total. The Morgan fingerprint density at radius 2 is 2.22 bits per heavy atom. The fraction of sp³-hybridized carbons (Fsp3) is 0.667. The summed E-state index contributed by atoms with van der Waals surface area (Å²) in [5, 5.41) is 5.07. The van der Waals surface area contributed by atoms with E-state index in [4.69, 9.17) is 11.6 Å². The number of halogens is 1. The molecular formula is C12H20ClN3O2. The molecule has 0 fully saturated rings. The van der Waals surface area contributed by atoms with Crippen LogP contribution in [0, 0.1) is 6.92 Å². The summed E-state index contributed by atoms with van der Waals surface area (Å²) in [5.74, 6) is -0.201. The monoisotopic (exact) mass is 273 g/mol. The lowest BCUT2D eigenvalue weighted by Gasteiger charge is -2.16. The minimum absolute atomic E-state index is 0.201. The fourth-order valence-corrected chi connectivity index (χ4v) is 1.93. The van der Waals surface area contributed by atoms with Crippen molar-refractivity contribution >= 4 is 17.6 Å². The van der Waals surface area contributed by atoms with E-state index in [-0.39, 0.29) is 5.97 Å². The Hall–Kier alpha value is -1.07. The maximum atomic E-state index is 11.1. The van der Waals surface area contributed by atoms with Crippen molar-refractivity contribution in [3.63, 3.8) is 0 Å². The number of aromatic nitrogens is 2. The molecule has 0 aliphatic carbocycles. The molecule has 1 aromatic rings. The van der Waals surface area contributed by atoms with Gasteiger partial charge in [-0.05, 0) is 20.9 Å². The van der Waals surface area contributed by atoms with E-state index in [1.807, 2.05) is 30.5 Å². The summed E-state index contributed by atoms with van der Waals surface area (Å²) in [4.78, 5) is 13.1. The Bertz CT molecular complexity index is 418. The number of nitrogens with zero attached hydrogens (tertiary/aromatic N) is 3. The van der Waals surface area contributed by atoms with Crippen molar-refractivity contribution < 1.29 is 9.53 Å². The van der Waals surface area contributed by atoms with Gasteiger partial charge in [0.25, 0.3) is 0 Å². The van der Waals surface area contributed by atoms with E-state index in [1.165, 1.54) is 7.11 Å². The molecule has 0 saturated carbocycles. The minimum Gasteiger partial charge on any atom is -0.469 e. The van der Waals surface area contributed by atoms with Gasteiger partial charge in [0.15, 0.2) is 0 Å². The number of carbonyl (C=O) groups excluding carboxylic acids is 1. The van der Waals surface area contributed by atoms with Crippen molar-refractivity contribution in [3.8, 4) is 0 Å². The summed E-state index contributed by atoms with van der Waals surface area (Å²) in [6.45, 7) is 6.02.